The van der Waals surface area contributed by atoms with Crippen LogP contribution in [0.3, 0.4) is 0 Å². The Hall–Kier alpha value is -2.13. The van der Waals surface area contributed by atoms with Gasteiger partial charge < -0.3 is 15.4 Å². The van der Waals surface area contributed by atoms with Crippen LogP contribution in [0.1, 0.15) is 0 Å². The van der Waals surface area contributed by atoms with Crippen molar-refractivity contribution in [3.63, 3.8) is 0 Å². The van der Waals surface area contributed by atoms with E-state index < -0.39 is 6.10 Å². The molecule has 0 aliphatic carbocycles. The number of hydrogen-bond acceptors (Lipinski definition) is 5. The molecule has 3 N–H and O–H groups in total. The molecule has 2 heterocycles. The summed E-state index contributed by atoms with van der Waals surface area (Å²) in [5.74, 6) is 2.53. The zero-order chi connectivity index (χ0) is 10.8. The first-order valence-electron chi connectivity index (χ1n) is 4.28. The van der Waals surface area contributed by atoms with E-state index in [4.69, 9.17) is 12.2 Å². The van der Waals surface area contributed by atoms with Crippen molar-refractivity contribution >= 4 is 17.0 Å². The van der Waals surface area contributed by atoms with Gasteiger partial charge in [-0.05, 0) is 0 Å². The first kappa shape index (κ1) is 9.43. The summed E-state index contributed by atoms with van der Waals surface area (Å²) in [4.78, 5) is 11.9. The molecule has 0 radical (unpaired) electrons. The second-order valence-corrected chi connectivity index (χ2v) is 3.01. The Labute approximate surface area is 85.8 Å². The molecule has 6 nitrogen and oxygen atoms in total. The third-order valence-corrected chi connectivity index (χ3v) is 1.99. The Morgan fingerprint density at radius 2 is 2.33 bits per heavy atom. The first-order chi connectivity index (χ1) is 7.22. The summed E-state index contributed by atoms with van der Waals surface area (Å²) >= 11 is 0. The second-order valence-electron chi connectivity index (χ2n) is 3.01. The zero-order valence-corrected chi connectivity index (χ0v) is 7.83. The number of terminal acetylenes is 1. The number of nitrogens with two attached hydrogens (primary N) is 1. The fourth-order valence-corrected chi connectivity index (χ4v) is 1.27. The average molecular weight is 203 g/mol. The molecule has 76 valence electrons. The normalized spacial score (nSPS) is 12.5. The molecule has 0 saturated heterocycles. The van der Waals surface area contributed by atoms with Gasteiger partial charge in [0.05, 0.1) is 12.9 Å². The van der Waals surface area contributed by atoms with Crippen molar-refractivity contribution in [3.05, 3.63) is 12.7 Å². The minimum Gasteiger partial charge on any atom is -0.382 e. The molecular formula is C9H9N5O. The van der Waals surface area contributed by atoms with E-state index in [0.717, 1.165) is 0 Å². The van der Waals surface area contributed by atoms with Gasteiger partial charge in [0.15, 0.2) is 11.5 Å². The summed E-state index contributed by atoms with van der Waals surface area (Å²) < 4.78 is 1.64. The third-order valence-electron chi connectivity index (χ3n) is 1.99. The van der Waals surface area contributed by atoms with Crippen LogP contribution in [0.5, 0.6) is 0 Å². The maximum Gasteiger partial charge on any atom is 0.165 e. The average Bonchev–Trinajstić information content (AvgIpc) is 2.63. The van der Waals surface area contributed by atoms with Gasteiger partial charge >= 0.3 is 0 Å². The Kier molecular flexibility index (Phi) is 2.23. The van der Waals surface area contributed by atoms with E-state index in [-0.39, 0.29) is 6.54 Å². The van der Waals surface area contributed by atoms with Gasteiger partial charge in [-0.25, -0.2) is 15.0 Å². The summed E-state index contributed by atoms with van der Waals surface area (Å²) in [7, 11) is 0. The van der Waals surface area contributed by atoms with Crippen LogP contribution < -0.4 is 5.73 Å². The number of nitrogen functional groups attached to an aromatic ring is 1. The quantitative estimate of drug-likeness (QED) is 0.636. The van der Waals surface area contributed by atoms with Crippen molar-refractivity contribution in [2.75, 3.05) is 5.73 Å². The van der Waals surface area contributed by atoms with Crippen LogP contribution in [0.4, 0.5) is 5.82 Å². The van der Waals surface area contributed by atoms with Gasteiger partial charge in [-0.15, -0.1) is 6.42 Å². The predicted octanol–water partition coefficient (Wildman–Crippen LogP) is -0.597. The molecule has 2 aromatic heterocycles. The van der Waals surface area contributed by atoms with Gasteiger partial charge in [0.2, 0.25) is 0 Å². The lowest BCUT2D eigenvalue weighted by Crippen LogP contribution is -2.13. The number of aromatic nitrogens is 4. The summed E-state index contributed by atoms with van der Waals surface area (Å²) in [6.45, 7) is 0.240. The zero-order valence-electron chi connectivity index (χ0n) is 7.83. The lowest BCUT2D eigenvalue weighted by Gasteiger charge is -2.04. The molecule has 0 aromatic carbocycles. The number of aliphatic hydroxyl groups excluding tert-OH is 1. The van der Waals surface area contributed by atoms with Crippen LogP contribution in [-0.2, 0) is 6.54 Å². The lowest BCUT2D eigenvalue weighted by atomic mass is 10.4. The van der Waals surface area contributed by atoms with Crippen molar-refractivity contribution in [1.82, 2.24) is 19.5 Å². The van der Waals surface area contributed by atoms with Crippen LogP contribution in [0.2, 0.25) is 0 Å². The molecular weight excluding hydrogens is 194 g/mol. The highest BCUT2D eigenvalue weighted by molar-refractivity contribution is 5.81. The largest absolute Gasteiger partial charge is 0.382 e. The SMILES string of the molecule is C#CC(O)Cn1cnc2c(N)ncnc21. The highest BCUT2D eigenvalue weighted by atomic mass is 16.3. The predicted molar refractivity (Wildman–Crippen MR) is 54.6 cm³/mol. The number of aliphatic hydroxyl groups is 1. The summed E-state index contributed by atoms with van der Waals surface area (Å²) in [5.41, 5.74) is 6.69. The molecule has 6 heteroatoms. The third kappa shape index (κ3) is 1.60. The maximum atomic E-state index is 9.30. The number of fused-ring (bicyclic) bond motifs is 1. The fraction of sp³-hybridized carbons (Fsp3) is 0.222. The first-order valence-corrected chi connectivity index (χ1v) is 4.28. The highest BCUT2D eigenvalue weighted by Crippen LogP contribution is 2.14. The minimum atomic E-state index is -0.862. The highest BCUT2D eigenvalue weighted by Gasteiger charge is 2.09. The fourth-order valence-electron chi connectivity index (χ4n) is 1.27. The Bertz CT molecular complexity index is 527. The maximum absolute atomic E-state index is 9.30. The molecule has 0 bridgehead atoms. The van der Waals surface area contributed by atoms with Gasteiger partial charge in [-0.2, -0.15) is 0 Å². The molecule has 0 saturated carbocycles. The van der Waals surface area contributed by atoms with Crippen molar-refractivity contribution in [2.24, 2.45) is 0 Å². The molecule has 0 spiro atoms. The standard InChI is InChI=1S/C9H9N5O/c1-2-6(15)3-14-5-13-7-8(10)11-4-12-9(7)14/h1,4-6,15H,3H2,(H2,10,11,12). The van der Waals surface area contributed by atoms with Crippen molar-refractivity contribution < 1.29 is 5.11 Å². The molecule has 1 unspecified atom stereocenters. The van der Waals surface area contributed by atoms with Crippen LogP contribution in [0.15, 0.2) is 12.7 Å². The van der Waals surface area contributed by atoms with Crippen molar-refractivity contribution in [2.45, 2.75) is 12.6 Å². The van der Waals surface area contributed by atoms with Crippen LogP contribution >= 0.6 is 0 Å². The van der Waals surface area contributed by atoms with Crippen LogP contribution in [0.25, 0.3) is 11.2 Å². The number of rotatable bonds is 2. The van der Waals surface area contributed by atoms with Crippen molar-refractivity contribution in [3.8, 4) is 12.3 Å². The summed E-state index contributed by atoms with van der Waals surface area (Å²) in [6.07, 6.45) is 7.08. The molecule has 2 aromatic rings. The summed E-state index contributed by atoms with van der Waals surface area (Å²) in [6, 6.07) is 0. The molecule has 1 atom stereocenters. The van der Waals surface area contributed by atoms with E-state index >= 15 is 0 Å². The minimum absolute atomic E-state index is 0.240. The Balaban J connectivity index is 2.46. The van der Waals surface area contributed by atoms with E-state index in [1.807, 2.05) is 0 Å². The monoisotopic (exact) mass is 203 g/mol. The van der Waals surface area contributed by atoms with E-state index in [2.05, 4.69) is 20.9 Å². The Morgan fingerprint density at radius 3 is 3.07 bits per heavy atom. The number of hydrogen-bond donors (Lipinski definition) is 2. The smallest absolute Gasteiger partial charge is 0.165 e. The van der Waals surface area contributed by atoms with Crippen LogP contribution in [0, 0.1) is 12.3 Å². The number of anilines is 1. The molecule has 0 aliphatic rings. The molecule has 15 heavy (non-hydrogen) atoms. The van der Waals surface area contributed by atoms with Gasteiger partial charge in [0.25, 0.3) is 0 Å². The van der Waals surface area contributed by atoms with Crippen molar-refractivity contribution in [1.29, 1.82) is 0 Å². The topological polar surface area (TPSA) is 89.8 Å². The van der Waals surface area contributed by atoms with Gasteiger partial charge in [0, 0.05) is 0 Å². The van der Waals surface area contributed by atoms with Crippen LogP contribution in [-0.4, -0.2) is 30.7 Å². The van der Waals surface area contributed by atoms with Gasteiger partial charge in [-0.1, -0.05) is 5.92 Å². The second kappa shape index (κ2) is 3.55. The number of imidazole rings is 1. The van der Waals surface area contributed by atoms with E-state index in [1.165, 1.54) is 12.7 Å². The molecule has 0 amide bonds. The van der Waals surface area contributed by atoms with E-state index in [1.54, 1.807) is 4.57 Å². The molecule has 0 fully saturated rings. The molecule has 2 rings (SSSR count). The Morgan fingerprint density at radius 1 is 1.53 bits per heavy atom. The van der Waals surface area contributed by atoms with Gasteiger partial charge in [0.1, 0.15) is 17.9 Å². The van der Waals surface area contributed by atoms with E-state index in [9.17, 15) is 5.11 Å². The molecule has 0 aliphatic heterocycles. The number of nitrogens with zero attached hydrogens (tertiary/aromatic N) is 4. The summed E-state index contributed by atoms with van der Waals surface area (Å²) in [5, 5.41) is 9.30. The lowest BCUT2D eigenvalue weighted by molar-refractivity contribution is 0.212. The van der Waals surface area contributed by atoms with Gasteiger partial charge in [-0.3, -0.25) is 0 Å². The van der Waals surface area contributed by atoms with E-state index in [0.29, 0.717) is 17.0 Å².